The lowest BCUT2D eigenvalue weighted by Crippen LogP contribution is -1.89. The van der Waals surface area contributed by atoms with Crippen LogP contribution < -0.4 is 0 Å². The lowest BCUT2D eigenvalue weighted by molar-refractivity contribution is 0.412. The molecule has 0 spiro atoms. The summed E-state index contributed by atoms with van der Waals surface area (Å²) < 4.78 is 5.11. The van der Waals surface area contributed by atoms with Crippen molar-refractivity contribution in [3.63, 3.8) is 0 Å². The standard InChI is InChI=1S/C10H9NO2/c1-6-2-7(4-11)9(12)3-8(6)10-5-13-10/h2-3,10,12H,5H2,1H3. The normalized spacial score (nSPS) is 19.5. The topological polar surface area (TPSA) is 56.5 Å². The molecule has 66 valence electrons. The molecule has 1 atom stereocenters. The van der Waals surface area contributed by atoms with Gasteiger partial charge in [-0.05, 0) is 30.2 Å². The molecule has 0 radical (unpaired) electrons. The van der Waals surface area contributed by atoms with Crippen LogP contribution in [0, 0.1) is 18.3 Å². The third-order valence-corrected chi connectivity index (χ3v) is 2.19. The summed E-state index contributed by atoms with van der Waals surface area (Å²) in [4.78, 5) is 0. The SMILES string of the molecule is Cc1cc(C#N)c(O)cc1C1CO1. The van der Waals surface area contributed by atoms with Crippen molar-refractivity contribution in [1.82, 2.24) is 0 Å². The van der Waals surface area contributed by atoms with Crippen LogP contribution in [0.1, 0.15) is 22.8 Å². The largest absolute Gasteiger partial charge is 0.507 e. The van der Waals surface area contributed by atoms with E-state index in [0.29, 0.717) is 12.2 Å². The third kappa shape index (κ3) is 1.36. The molecule has 0 bridgehead atoms. The number of ether oxygens (including phenoxy) is 1. The molecule has 2 rings (SSSR count). The zero-order valence-electron chi connectivity index (χ0n) is 7.24. The number of aryl methyl sites for hydroxylation is 1. The van der Waals surface area contributed by atoms with Gasteiger partial charge in [0.15, 0.2) is 0 Å². The summed E-state index contributed by atoms with van der Waals surface area (Å²) in [5.41, 5.74) is 2.30. The van der Waals surface area contributed by atoms with Crippen molar-refractivity contribution in [1.29, 1.82) is 5.26 Å². The molecule has 1 saturated heterocycles. The minimum atomic E-state index is 0.0404. The van der Waals surface area contributed by atoms with Crippen molar-refractivity contribution in [2.24, 2.45) is 0 Å². The molecule has 3 nitrogen and oxygen atoms in total. The van der Waals surface area contributed by atoms with Gasteiger partial charge >= 0.3 is 0 Å². The van der Waals surface area contributed by atoms with Gasteiger partial charge in [0.25, 0.3) is 0 Å². The number of aromatic hydroxyl groups is 1. The molecule has 13 heavy (non-hydrogen) atoms. The van der Waals surface area contributed by atoms with Crippen molar-refractivity contribution >= 4 is 0 Å². The first kappa shape index (κ1) is 8.09. The van der Waals surface area contributed by atoms with Crippen molar-refractivity contribution < 1.29 is 9.84 Å². The smallest absolute Gasteiger partial charge is 0.133 e. The Hall–Kier alpha value is -1.53. The third-order valence-electron chi connectivity index (χ3n) is 2.19. The van der Waals surface area contributed by atoms with Gasteiger partial charge in [-0.1, -0.05) is 0 Å². The van der Waals surface area contributed by atoms with Gasteiger partial charge in [-0.2, -0.15) is 5.26 Å². The van der Waals surface area contributed by atoms with E-state index < -0.39 is 0 Å². The van der Waals surface area contributed by atoms with Crippen LogP contribution in [0.4, 0.5) is 0 Å². The van der Waals surface area contributed by atoms with E-state index in [-0.39, 0.29) is 11.9 Å². The minimum absolute atomic E-state index is 0.0404. The van der Waals surface area contributed by atoms with Crippen LogP contribution >= 0.6 is 0 Å². The summed E-state index contributed by atoms with van der Waals surface area (Å²) in [6.07, 6.45) is 0.124. The summed E-state index contributed by atoms with van der Waals surface area (Å²) in [5.74, 6) is 0.0404. The van der Waals surface area contributed by atoms with Gasteiger partial charge in [0.1, 0.15) is 17.9 Å². The first-order valence-electron chi connectivity index (χ1n) is 4.07. The van der Waals surface area contributed by atoms with Gasteiger partial charge in [0, 0.05) is 0 Å². The lowest BCUT2D eigenvalue weighted by atomic mass is 10.0. The van der Waals surface area contributed by atoms with E-state index in [1.54, 1.807) is 12.1 Å². The average molecular weight is 175 g/mol. The number of nitrogens with zero attached hydrogens (tertiary/aromatic N) is 1. The van der Waals surface area contributed by atoms with Crippen molar-refractivity contribution in [3.8, 4) is 11.8 Å². The fraction of sp³-hybridized carbons (Fsp3) is 0.300. The molecule has 1 heterocycles. The fourth-order valence-corrected chi connectivity index (χ4v) is 1.38. The highest BCUT2D eigenvalue weighted by Crippen LogP contribution is 2.35. The number of phenols is 1. The van der Waals surface area contributed by atoms with E-state index >= 15 is 0 Å². The predicted octanol–water partition coefficient (Wildman–Crippen LogP) is 1.64. The van der Waals surface area contributed by atoms with Gasteiger partial charge in [0.2, 0.25) is 0 Å². The molecule has 0 aromatic heterocycles. The number of hydrogen-bond acceptors (Lipinski definition) is 3. The molecule has 1 aromatic carbocycles. The number of phenolic OH excluding ortho intramolecular Hbond substituents is 1. The maximum Gasteiger partial charge on any atom is 0.133 e. The van der Waals surface area contributed by atoms with E-state index in [1.165, 1.54) is 0 Å². The Morgan fingerprint density at radius 1 is 1.62 bits per heavy atom. The molecule has 1 N–H and O–H groups in total. The highest BCUT2D eigenvalue weighted by atomic mass is 16.6. The Bertz CT molecular complexity index is 389. The van der Waals surface area contributed by atoms with E-state index in [1.807, 2.05) is 13.0 Å². The molecular weight excluding hydrogens is 166 g/mol. The van der Waals surface area contributed by atoms with Crippen LogP contribution in [0.25, 0.3) is 0 Å². The van der Waals surface area contributed by atoms with Gasteiger partial charge in [-0.15, -0.1) is 0 Å². The maximum absolute atomic E-state index is 9.41. The lowest BCUT2D eigenvalue weighted by Gasteiger charge is -2.04. The summed E-state index contributed by atoms with van der Waals surface area (Å²) >= 11 is 0. The van der Waals surface area contributed by atoms with E-state index in [2.05, 4.69) is 0 Å². The van der Waals surface area contributed by atoms with Crippen molar-refractivity contribution in [3.05, 3.63) is 28.8 Å². The van der Waals surface area contributed by atoms with Crippen LogP contribution in [0.5, 0.6) is 5.75 Å². The quantitative estimate of drug-likeness (QED) is 0.660. The van der Waals surface area contributed by atoms with Gasteiger partial charge in [-0.3, -0.25) is 0 Å². The molecule has 1 aliphatic heterocycles. The number of nitriles is 1. The first-order chi connectivity index (χ1) is 6.22. The van der Waals surface area contributed by atoms with Crippen LogP contribution in [-0.4, -0.2) is 11.7 Å². The molecule has 1 aliphatic rings. The van der Waals surface area contributed by atoms with E-state index in [4.69, 9.17) is 10.00 Å². The first-order valence-corrected chi connectivity index (χ1v) is 4.07. The monoisotopic (exact) mass is 175 g/mol. The number of epoxide rings is 1. The zero-order chi connectivity index (χ0) is 9.42. The fourth-order valence-electron chi connectivity index (χ4n) is 1.38. The van der Waals surface area contributed by atoms with E-state index in [9.17, 15) is 5.11 Å². The van der Waals surface area contributed by atoms with Crippen molar-refractivity contribution in [2.45, 2.75) is 13.0 Å². The zero-order valence-corrected chi connectivity index (χ0v) is 7.24. The second kappa shape index (κ2) is 2.75. The number of rotatable bonds is 1. The van der Waals surface area contributed by atoms with Crippen LogP contribution in [0.2, 0.25) is 0 Å². The van der Waals surface area contributed by atoms with E-state index in [0.717, 1.165) is 11.1 Å². The molecule has 1 aromatic rings. The highest BCUT2D eigenvalue weighted by molar-refractivity contribution is 5.49. The van der Waals surface area contributed by atoms with Crippen LogP contribution in [0.3, 0.4) is 0 Å². The molecule has 3 heteroatoms. The van der Waals surface area contributed by atoms with Crippen LogP contribution in [0.15, 0.2) is 12.1 Å². The molecule has 0 amide bonds. The second-order valence-electron chi connectivity index (χ2n) is 3.16. The Balaban J connectivity index is 2.50. The summed E-state index contributed by atoms with van der Waals surface area (Å²) in [6.45, 7) is 2.63. The molecule has 0 saturated carbocycles. The average Bonchev–Trinajstić information content (AvgIpc) is 2.91. The minimum Gasteiger partial charge on any atom is -0.507 e. The molecular formula is C10H9NO2. The van der Waals surface area contributed by atoms with Gasteiger partial charge in [-0.25, -0.2) is 0 Å². The highest BCUT2D eigenvalue weighted by Gasteiger charge is 2.27. The second-order valence-corrected chi connectivity index (χ2v) is 3.16. The maximum atomic E-state index is 9.41. The van der Waals surface area contributed by atoms with Crippen LogP contribution in [-0.2, 0) is 4.74 Å². The Labute approximate surface area is 76.2 Å². The molecule has 1 unspecified atom stereocenters. The Kier molecular flexibility index (Phi) is 1.71. The molecule has 1 fully saturated rings. The predicted molar refractivity (Wildman–Crippen MR) is 46.3 cm³/mol. The summed E-state index contributed by atoms with van der Waals surface area (Å²) in [7, 11) is 0. The van der Waals surface area contributed by atoms with Gasteiger partial charge < -0.3 is 9.84 Å². The number of benzene rings is 1. The summed E-state index contributed by atoms with van der Waals surface area (Å²) in [5, 5.41) is 18.1. The Morgan fingerprint density at radius 3 is 2.85 bits per heavy atom. The Morgan fingerprint density at radius 2 is 2.31 bits per heavy atom. The van der Waals surface area contributed by atoms with Crippen molar-refractivity contribution in [2.75, 3.05) is 6.61 Å². The van der Waals surface area contributed by atoms with Gasteiger partial charge in [0.05, 0.1) is 12.2 Å². The molecule has 0 aliphatic carbocycles. The number of hydrogen-bond donors (Lipinski definition) is 1. The summed E-state index contributed by atoms with van der Waals surface area (Å²) in [6, 6.07) is 5.24.